The Morgan fingerprint density at radius 2 is 2.20 bits per heavy atom. The van der Waals surface area contributed by atoms with Crippen LogP contribution in [0.5, 0.6) is 0 Å². The van der Waals surface area contributed by atoms with Crippen LogP contribution in [0.1, 0.15) is 5.56 Å². The summed E-state index contributed by atoms with van der Waals surface area (Å²) >= 11 is 0. The number of amides is 1. The van der Waals surface area contributed by atoms with Gasteiger partial charge in [-0.05, 0) is 5.56 Å². The Labute approximate surface area is 88.2 Å². The second kappa shape index (κ2) is 4.79. The van der Waals surface area contributed by atoms with Crippen molar-refractivity contribution in [3.05, 3.63) is 35.9 Å². The third kappa shape index (κ3) is 2.95. The van der Waals surface area contributed by atoms with E-state index in [-0.39, 0.29) is 12.1 Å². The zero-order valence-electron chi connectivity index (χ0n) is 8.31. The van der Waals surface area contributed by atoms with Crippen LogP contribution in [0.2, 0.25) is 0 Å². The molecule has 1 aromatic rings. The van der Waals surface area contributed by atoms with E-state index < -0.39 is 0 Å². The molecule has 1 aliphatic rings. The highest BCUT2D eigenvalue weighted by atomic mass is 16.6. The van der Waals surface area contributed by atoms with Crippen molar-refractivity contribution in [3.8, 4) is 0 Å². The Kier molecular flexibility index (Phi) is 3.19. The number of nitrogens with one attached hydrogen (secondary N) is 1. The van der Waals surface area contributed by atoms with E-state index in [1.807, 2.05) is 30.3 Å². The maximum Gasteiger partial charge on any atom is 0.407 e. The molecule has 0 saturated carbocycles. The van der Waals surface area contributed by atoms with Gasteiger partial charge in [0.2, 0.25) is 0 Å². The van der Waals surface area contributed by atoms with Gasteiger partial charge < -0.3 is 14.8 Å². The van der Waals surface area contributed by atoms with Gasteiger partial charge in [-0.1, -0.05) is 30.3 Å². The Bertz CT molecular complexity index is 326. The van der Waals surface area contributed by atoms with E-state index in [4.69, 9.17) is 9.47 Å². The van der Waals surface area contributed by atoms with Crippen LogP contribution >= 0.6 is 0 Å². The zero-order chi connectivity index (χ0) is 10.5. The Morgan fingerprint density at radius 3 is 2.87 bits per heavy atom. The number of ether oxygens (including phenoxy) is 2. The van der Waals surface area contributed by atoms with Crippen molar-refractivity contribution in [2.24, 2.45) is 0 Å². The van der Waals surface area contributed by atoms with Crippen molar-refractivity contribution < 1.29 is 14.3 Å². The second-order valence-corrected chi connectivity index (χ2v) is 3.44. The Morgan fingerprint density at radius 1 is 1.40 bits per heavy atom. The fourth-order valence-corrected chi connectivity index (χ4v) is 1.41. The Balaban J connectivity index is 1.69. The monoisotopic (exact) mass is 207 g/mol. The van der Waals surface area contributed by atoms with Crippen LogP contribution in [0.15, 0.2) is 30.3 Å². The molecule has 15 heavy (non-hydrogen) atoms. The third-order valence-corrected chi connectivity index (χ3v) is 2.17. The van der Waals surface area contributed by atoms with Crippen molar-refractivity contribution in [3.63, 3.8) is 0 Å². The van der Waals surface area contributed by atoms with E-state index in [0.717, 1.165) is 5.56 Å². The van der Waals surface area contributed by atoms with E-state index in [1.165, 1.54) is 0 Å². The minimum absolute atomic E-state index is 0.0128. The number of carbonyl (C=O) groups is 1. The quantitative estimate of drug-likeness (QED) is 0.809. The lowest BCUT2D eigenvalue weighted by molar-refractivity contribution is 0.0986. The first-order chi connectivity index (χ1) is 7.34. The molecule has 0 spiro atoms. The molecule has 1 amide bonds. The van der Waals surface area contributed by atoms with Gasteiger partial charge in [-0.25, -0.2) is 4.79 Å². The number of cyclic esters (lactones) is 1. The van der Waals surface area contributed by atoms with Crippen molar-refractivity contribution in [2.75, 3.05) is 13.2 Å². The molecule has 1 saturated heterocycles. The maximum atomic E-state index is 10.7. The molecule has 1 aromatic carbocycles. The molecule has 1 heterocycles. The van der Waals surface area contributed by atoms with Crippen LogP contribution in [-0.4, -0.2) is 25.3 Å². The highest BCUT2D eigenvalue weighted by Crippen LogP contribution is 2.03. The zero-order valence-corrected chi connectivity index (χ0v) is 8.31. The molecule has 0 bridgehead atoms. The highest BCUT2D eigenvalue weighted by molar-refractivity contribution is 5.69. The average Bonchev–Trinajstić information content (AvgIpc) is 2.66. The topological polar surface area (TPSA) is 47.6 Å². The molecule has 1 atom stereocenters. The van der Waals surface area contributed by atoms with E-state index >= 15 is 0 Å². The van der Waals surface area contributed by atoms with Crippen molar-refractivity contribution in [1.82, 2.24) is 5.32 Å². The molecule has 4 heteroatoms. The molecule has 0 radical (unpaired) electrons. The van der Waals surface area contributed by atoms with Gasteiger partial charge in [0.1, 0.15) is 6.61 Å². The largest absolute Gasteiger partial charge is 0.447 e. The number of rotatable bonds is 4. The number of hydrogen-bond acceptors (Lipinski definition) is 3. The van der Waals surface area contributed by atoms with Gasteiger partial charge in [0.25, 0.3) is 0 Å². The highest BCUT2D eigenvalue weighted by Gasteiger charge is 2.21. The fourth-order valence-electron chi connectivity index (χ4n) is 1.41. The maximum absolute atomic E-state index is 10.7. The minimum Gasteiger partial charge on any atom is -0.447 e. The fraction of sp³-hybridized carbons (Fsp3) is 0.364. The van der Waals surface area contributed by atoms with Crippen molar-refractivity contribution >= 4 is 6.09 Å². The lowest BCUT2D eigenvalue weighted by Gasteiger charge is -2.08. The van der Waals surface area contributed by atoms with Gasteiger partial charge in [0.15, 0.2) is 0 Å². The molecule has 1 aliphatic heterocycles. The SMILES string of the molecule is O=C1NC(COCc2ccccc2)CO1. The molecular formula is C11H13NO3. The van der Waals surface area contributed by atoms with Gasteiger partial charge in [-0.3, -0.25) is 0 Å². The summed E-state index contributed by atoms with van der Waals surface area (Å²) in [5, 5.41) is 2.65. The van der Waals surface area contributed by atoms with Crippen LogP contribution in [0, 0.1) is 0 Å². The minimum atomic E-state index is -0.358. The molecule has 1 unspecified atom stereocenters. The molecule has 0 aliphatic carbocycles. The smallest absolute Gasteiger partial charge is 0.407 e. The number of benzene rings is 1. The van der Waals surface area contributed by atoms with Crippen LogP contribution in [0.4, 0.5) is 4.79 Å². The third-order valence-electron chi connectivity index (χ3n) is 2.17. The van der Waals surface area contributed by atoms with E-state index in [9.17, 15) is 4.79 Å². The Hall–Kier alpha value is -1.55. The van der Waals surface area contributed by atoms with Crippen LogP contribution in [0.3, 0.4) is 0 Å². The lowest BCUT2D eigenvalue weighted by Crippen LogP contribution is -2.30. The number of carbonyl (C=O) groups excluding carboxylic acids is 1. The standard InChI is InChI=1S/C11H13NO3/c13-11-12-10(8-15-11)7-14-6-9-4-2-1-3-5-9/h1-5,10H,6-8H2,(H,12,13). The molecular weight excluding hydrogens is 194 g/mol. The summed E-state index contributed by atoms with van der Waals surface area (Å²) in [6.07, 6.45) is -0.358. The number of alkyl carbamates (subject to hydrolysis) is 1. The second-order valence-electron chi connectivity index (χ2n) is 3.44. The summed E-state index contributed by atoms with van der Waals surface area (Å²) in [5.41, 5.74) is 1.13. The number of hydrogen-bond donors (Lipinski definition) is 1. The van der Waals surface area contributed by atoms with Gasteiger partial charge in [-0.15, -0.1) is 0 Å². The normalized spacial score (nSPS) is 19.7. The van der Waals surface area contributed by atoms with E-state index in [2.05, 4.69) is 5.32 Å². The molecule has 1 fully saturated rings. The predicted molar refractivity (Wildman–Crippen MR) is 54.4 cm³/mol. The van der Waals surface area contributed by atoms with Crippen molar-refractivity contribution in [1.29, 1.82) is 0 Å². The first-order valence-electron chi connectivity index (χ1n) is 4.89. The summed E-state index contributed by atoms with van der Waals surface area (Å²) in [4.78, 5) is 10.7. The van der Waals surface area contributed by atoms with Crippen molar-refractivity contribution in [2.45, 2.75) is 12.6 Å². The van der Waals surface area contributed by atoms with Gasteiger partial charge in [0, 0.05) is 0 Å². The molecule has 4 nitrogen and oxygen atoms in total. The van der Waals surface area contributed by atoms with Gasteiger partial charge in [-0.2, -0.15) is 0 Å². The van der Waals surface area contributed by atoms with Crippen LogP contribution in [0.25, 0.3) is 0 Å². The van der Waals surface area contributed by atoms with Gasteiger partial charge in [0.05, 0.1) is 19.3 Å². The summed E-state index contributed by atoms with van der Waals surface area (Å²) < 4.78 is 10.2. The summed E-state index contributed by atoms with van der Waals surface area (Å²) in [7, 11) is 0. The summed E-state index contributed by atoms with van der Waals surface area (Å²) in [6.45, 7) is 1.45. The summed E-state index contributed by atoms with van der Waals surface area (Å²) in [6, 6.07) is 9.90. The van der Waals surface area contributed by atoms with E-state index in [0.29, 0.717) is 19.8 Å². The first kappa shape index (κ1) is 9.98. The first-order valence-corrected chi connectivity index (χ1v) is 4.89. The molecule has 0 aromatic heterocycles. The molecule has 80 valence electrons. The molecule has 2 rings (SSSR count). The average molecular weight is 207 g/mol. The predicted octanol–water partition coefficient (Wildman–Crippen LogP) is 1.31. The van der Waals surface area contributed by atoms with Crippen LogP contribution in [-0.2, 0) is 16.1 Å². The summed E-state index contributed by atoms with van der Waals surface area (Å²) in [5.74, 6) is 0. The lowest BCUT2D eigenvalue weighted by atomic mass is 10.2. The van der Waals surface area contributed by atoms with E-state index in [1.54, 1.807) is 0 Å². The molecule has 1 N–H and O–H groups in total. The van der Waals surface area contributed by atoms with Gasteiger partial charge >= 0.3 is 6.09 Å². The van der Waals surface area contributed by atoms with Crippen LogP contribution < -0.4 is 5.32 Å².